The topological polar surface area (TPSA) is 84.3 Å². The maximum absolute atomic E-state index is 12.1. The Morgan fingerprint density at radius 1 is 1.22 bits per heavy atom. The van der Waals surface area contributed by atoms with Gasteiger partial charge in [-0.15, -0.1) is 0 Å². The summed E-state index contributed by atoms with van der Waals surface area (Å²) in [4.78, 5) is 22.4. The van der Waals surface area contributed by atoms with Crippen molar-refractivity contribution in [3.63, 3.8) is 0 Å². The van der Waals surface area contributed by atoms with E-state index in [2.05, 4.69) is 10.6 Å². The molecule has 2 rings (SSSR count). The Morgan fingerprint density at radius 3 is 2.52 bits per heavy atom. The molecule has 0 bridgehead atoms. The molecule has 0 aromatic heterocycles. The zero-order valence-electron chi connectivity index (χ0n) is 12.4. The fourth-order valence-corrected chi connectivity index (χ4v) is 2.16. The highest BCUT2D eigenvalue weighted by atomic mass is 32.1. The molecule has 0 heterocycles. The number of carbonyl (C=O) groups is 1. The van der Waals surface area contributed by atoms with Gasteiger partial charge in [-0.25, -0.2) is 0 Å². The largest absolute Gasteiger partial charge is 0.358 e. The van der Waals surface area contributed by atoms with Gasteiger partial charge in [0.1, 0.15) is 0 Å². The van der Waals surface area contributed by atoms with Crippen LogP contribution < -0.4 is 10.6 Å². The Bertz CT molecular complexity index is 747. The number of amides is 1. The van der Waals surface area contributed by atoms with Crippen LogP contribution in [0.2, 0.25) is 0 Å². The second kappa shape index (κ2) is 7.46. The number of hydrogen-bond donors (Lipinski definition) is 2. The van der Waals surface area contributed by atoms with E-state index < -0.39 is 10.8 Å². The normalized spacial score (nSPS) is 9.96. The van der Waals surface area contributed by atoms with Crippen molar-refractivity contribution in [2.45, 2.75) is 13.5 Å². The number of hydrogen-bond acceptors (Lipinski definition) is 4. The molecular formula is C16H15N3O3S. The van der Waals surface area contributed by atoms with Crippen molar-refractivity contribution in [1.82, 2.24) is 10.6 Å². The van der Waals surface area contributed by atoms with E-state index in [1.807, 2.05) is 30.3 Å². The molecule has 2 aromatic carbocycles. The molecule has 1 amide bonds. The molecule has 6 nitrogen and oxygen atoms in total. The van der Waals surface area contributed by atoms with Crippen LogP contribution in [0.4, 0.5) is 5.69 Å². The Kier molecular flexibility index (Phi) is 5.37. The lowest BCUT2D eigenvalue weighted by Gasteiger charge is -2.10. The third-order valence-corrected chi connectivity index (χ3v) is 3.43. The number of aryl methyl sites for hydroxylation is 1. The molecule has 0 aliphatic heterocycles. The van der Waals surface area contributed by atoms with E-state index in [-0.39, 0.29) is 10.8 Å². The third-order valence-electron chi connectivity index (χ3n) is 3.18. The summed E-state index contributed by atoms with van der Waals surface area (Å²) in [5.41, 5.74) is 1.75. The van der Waals surface area contributed by atoms with E-state index >= 15 is 0 Å². The summed E-state index contributed by atoms with van der Waals surface area (Å²) in [6, 6.07) is 13.8. The second-order valence-corrected chi connectivity index (χ2v) is 5.29. The monoisotopic (exact) mass is 329 g/mol. The summed E-state index contributed by atoms with van der Waals surface area (Å²) >= 11 is 5.08. The lowest BCUT2D eigenvalue weighted by molar-refractivity contribution is -0.385. The average Bonchev–Trinajstić information content (AvgIpc) is 2.53. The first kappa shape index (κ1) is 16.6. The number of thiocarbonyl (C=S) groups is 1. The fourth-order valence-electron chi connectivity index (χ4n) is 2.00. The van der Waals surface area contributed by atoms with Gasteiger partial charge in [0.05, 0.1) is 4.92 Å². The van der Waals surface area contributed by atoms with Gasteiger partial charge < -0.3 is 5.32 Å². The van der Waals surface area contributed by atoms with Crippen molar-refractivity contribution in [2.75, 3.05) is 0 Å². The van der Waals surface area contributed by atoms with Crippen LogP contribution in [0.15, 0.2) is 48.5 Å². The first-order valence-corrected chi connectivity index (χ1v) is 7.26. The van der Waals surface area contributed by atoms with Crippen LogP contribution in [0.5, 0.6) is 0 Å². The predicted octanol–water partition coefficient (Wildman–Crippen LogP) is 2.71. The van der Waals surface area contributed by atoms with Crippen molar-refractivity contribution in [2.24, 2.45) is 0 Å². The van der Waals surface area contributed by atoms with Crippen LogP contribution in [0.25, 0.3) is 0 Å². The van der Waals surface area contributed by atoms with Crippen LogP contribution in [-0.2, 0) is 6.54 Å². The molecule has 0 spiro atoms. The maximum atomic E-state index is 12.1. The van der Waals surface area contributed by atoms with Crippen molar-refractivity contribution in [1.29, 1.82) is 0 Å². The highest BCUT2D eigenvalue weighted by Gasteiger charge is 2.14. The molecule has 0 aliphatic carbocycles. The minimum absolute atomic E-state index is 0.0219. The average molecular weight is 329 g/mol. The van der Waals surface area contributed by atoms with Crippen LogP contribution in [-0.4, -0.2) is 15.9 Å². The minimum Gasteiger partial charge on any atom is -0.358 e. The minimum atomic E-state index is -0.483. The van der Waals surface area contributed by atoms with Gasteiger partial charge in [-0.05, 0) is 36.8 Å². The van der Waals surface area contributed by atoms with Crippen molar-refractivity contribution in [3.05, 3.63) is 75.3 Å². The number of nitrogens with one attached hydrogen (secondary N) is 2. The molecule has 0 saturated carbocycles. The number of nitro benzene ring substituents is 1. The van der Waals surface area contributed by atoms with E-state index in [1.54, 1.807) is 6.92 Å². The van der Waals surface area contributed by atoms with Gasteiger partial charge >= 0.3 is 0 Å². The highest BCUT2D eigenvalue weighted by molar-refractivity contribution is 7.80. The molecule has 0 aliphatic rings. The predicted molar refractivity (Wildman–Crippen MR) is 91.2 cm³/mol. The SMILES string of the molecule is Cc1cc(C(=O)NC(=S)NCc2ccccc2)ccc1[N+](=O)[O-]. The van der Waals surface area contributed by atoms with Gasteiger partial charge in [-0.2, -0.15) is 0 Å². The Hall–Kier alpha value is -2.80. The molecule has 23 heavy (non-hydrogen) atoms. The molecule has 0 saturated heterocycles. The lowest BCUT2D eigenvalue weighted by atomic mass is 10.1. The summed E-state index contributed by atoms with van der Waals surface area (Å²) < 4.78 is 0. The zero-order valence-corrected chi connectivity index (χ0v) is 13.2. The lowest BCUT2D eigenvalue weighted by Crippen LogP contribution is -2.38. The number of carbonyl (C=O) groups excluding carboxylic acids is 1. The first-order chi connectivity index (χ1) is 11.0. The van der Waals surface area contributed by atoms with Crippen LogP contribution >= 0.6 is 12.2 Å². The molecule has 7 heteroatoms. The number of nitrogens with zero attached hydrogens (tertiary/aromatic N) is 1. The summed E-state index contributed by atoms with van der Waals surface area (Å²) in [7, 11) is 0. The van der Waals surface area contributed by atoms with E-state index in [1.165, 1.54) is 18.2 Å². The van der Waals surface area contributed by atoms with E-state index in [9.17, 15) is 14.9 Å². The Balaban J connectivity index is 1.94. The van der Waals surface area contributed by atoms with Gasteiger partial charge in [-0.1, -0.05) is 30.3 Å². The zero-order chi connectivity index (χ0) is 16.8. The van der Waals surface area contributed by atoms with E-state index in [0.29, 0.717) is 17.7 Å². The van der Waals surface area contributed by atoms with E-state index in [0.717, 1.165) is 5.56 Å². The van der Waals surface area contributed by atoms with Gasteiger partial charge in [-0.3, -0.25) is 20.2 Å². The molecule has 0 fully saturated rings. The molecular weight excluding hydrogens is 314 g/mol. The van der Waals surface area contributed by atoms with Gasteiger partial charge in [0.2, 0.25) is 0 Å². The fraction of sp³-hybridized carbons (Fsp3) is 0.125. The summed E-state index contributed by atoms with van der Waals surface area (Å²) in [5, 5.41) is 16.5. The molecule has 0 unspecified atom stereocenters. The van der Waals surface area contributed by atoms with Crippen molar-refractivity contribution in [3.8, 4) is 0 Å². The molecule has 118 valence electrons. The Labute approximate surface area is 138 Å². The smallest absolute Gasteiger partial charge is 0.272 e. The molecule has 2 aromatic rings. The van der Waals surface area contributed by atoms with E-state index in [4.69, 9.17) is 12.2 Å². The van der Waals surface area contributed by atoms with Gasteiger partial charge in [0.15, 0.2) is 5.11 Å². The van der Waals surface area contributed by atoms with Crippen molar-refractivity contribution >= 4 is 28.9 Å². The summed E-state index contributed by atoms with van der Waals surface area (Å²) in [6.07, 6.45) is 0. The molecule has 2 N–H and O–H groups in total. The third kappa shape index (κ3) is 4.58. The molecule has 0 atom stereocenters. The summed E-state index contributed by atoms with van der Waals surface area (Å²) in [6.45, 7) is 2.08. The highest BCUT2D eigenvalue weighted by Crippen LogP contribution is 2.18. The summed E-state index contributed by atoms with van der Waals surface area (Å²) in [5.74, 6) is -0.409. The number of benzene rings is 2. The number of nitro groups is 1. The maximum Gasteiger partial charge on any atom is 0.272 e. The second-order valence-electron chi connectivity index (χ2n) is 4.88. The first-order valence-electron chi connectivity index (χ1n) is 6.85. The van der Waals surface area contributed by atoms with Crippen LogP contribution in [0.1, 0.15) is 21.5 Å². The van der Waals surface area contributed by atoms with Crippen LogP contribution in [0.3, 0.4) is 0 Å². The molecule has 0 radical (unpaired) electrons. The van der Waals surface area contributed by atoms with Crippen LogP contribution in [0, 0.1) is 17.0 Å². The number of rotatable bonds is 4. The van der Waals surface area contributed by atoms with Crippen molar-refractivity contribution < 1.29 is 9.72 Å². The Morgan fingerprint density at radius 2 is 1.91 bits per heavy atom. The quantitative estimate of drug-likeness (QED) is 0.512. The standard InChI is InChI=1S/C16H15N3O3S/c1-11-9-13(7-8-14(11)19(21)22)15(20)18-16(23)17-10-12-5-3-2-4-6-12/h2-9H,10H2,1H3,(H2,17,18,20,23). The van der Waals surface area contributed by atoms with Gasteiger partial charge in [0, 0.05) is 23.7 Å². The van der Waals surface area contributed by atoms with Gasteiger partial charge in [0.25, 0.3) is 11.6 Å².